The van der Waals surface area contributed by atoms with E-state index in [4.69, 9.17) is 22.8 Å². The lowest BCUT2D eigenvalue weighted by Crippen LogP contribution is -2.47. The van der Waals surface area contributed by atoms with Gasteiger partial charge in [-0.15, -0.1) is 0 Å². The van der Waals surface area contributed by atoms with E-state index in [9.17, 15) is 0 Å². The molecule has 0 radical (unpaired) electrons. The molecule has 1 aliphatic rings. The van der Waals surface area contributed by atoms with E-state index in [1.807, 2.05) is 20.8 Å². The summed E-state index contributed by atoms with van der Waals surface area (Å²) in [5, 5.41) is 0. The minimum atomic E-state index is -2.51. The van der Waals surface area contributed by atoms with Crippen LogP contribution in [0, 0.1) is 0 Å². The molecule has 0 saturated carbocycles. The van der Waals surface area contributed by atoms with Crippen LogP contribution in [0.15, 0.2) is 0 Å². The Labute approximate surface area is 98.3 Å². The standard InChI is InChI=1S/C10H22O5Si/c1-6-16(11-4,12-5)14-8-10(3)13-7-9(2)15-10/h9H,6-8H2,1-5H3. The van der Waals surface area contributed by atoms with Gasteiger partial charge in [-0.05, 0) is 13.8 Å². The van der Waals surface area contributed by atoms with Gasteiger partial charge in [0.1, 0.15) is 0 Å². The Morgan fingerprint density at radius 2 is 2.00 bits per heavy atom. The molecule has 0 bridgehead atoms. The first-order chi connectivity index (χ1) is 7.49. The average molecular weight is 250 g/mol. The van der Waals surface area contributed by atoms with Gasteiger partial charge in [0.05, 0.1) is 19.3 Å². The van der Waals surface area contributed by atoms with Gasteiger partial charge in [0, 0.05) is 20.3 Å². The zero-order valence-electron chi connectivity index (χ0n) is 10.7. The minimum Gasteiger partial charge on any atom is -0.377 e. The van der Waals surface area contributed by atoms with Gasteiger partial charge in [-0.25, -0.2) is 0 Å². The summed E-state index contributed by atoms with van der Waals surface area (Å²) in [4.78, 5) is 0. The smallest absolute Gasteiger partial charge is 0.377 e. The molecule has 16 heavy (non-hydrogen) atoms. The highest BCUT2D eigenvalue weighted by molar-refractivity contribution is 6.60. The second-order valence-corrected chi connectivity index (χ2v) is 7.29. The fraction of sp³-hybridized carbons (Fsp3) is 1.00. The van der Waals surface area contributed by atoms with E-state index in [0.717, 1.165) is 6.04 Å². The monoisotopic (exact) mass is 250 g/mol. The summed E-state index contributed by atoms with van der Waals surface area (Å²) in [6.45, 7) is 6.76. The fourth-order valence-electron chi connectivity index (χ4n) is 1.70. The SMILES string of the molecule is CC[Si](OC)(OC)OCC1(C)OCC(C)O1. The summed E-state index contributed by atoms with van der Waals surface area (Å²) < 4.78 is 27.6. The predicted octanol–water partition coefficient (Wildman–Crippen LogP) is 1.41. The molecule has 0 spiro atoms. The first-order valence-electron chi connectivity index (χ1n) is 5.55. The van der Waals surface area contributed by atoms with Gasteiger partial charge in [-0.1, -0.05) is 6.92 Å². The van der Waals surface area contributed by atoms with Gasteiger partial charge in [0.2, 0.25) is 0 Å². The van der Waals surface area contributed by atoms with Crippen LogP contribution in [0.5, 0.6) is 0 Å². The Bertz CT molecular complexity index is 213. The zero-order chi connectivity index (χ0) is 12.2. The molecule has 0 aromatic rings. The maximum Gasteiger partial charge on any atom is 0.500 e. The van der Waals surface area contributed by atoms with Crippen LogP contribution < -0.4 is 0 Å². The van der Waals surface area contributed by atoms with Crippen LogP contribution in [0.2, 0.25) is 6.04 Å². The first kappa shape index (κ1) is 14.1. The van der Waals surface area contributed by atoms with Crippen LogP contribution in [0.4, 0.5) is 0 Å². The molecule has 6 heteroatoms. The van der Waals surface area contributed by atoms with E-state index in [1.54, 1.807) is 14.2 Å². The number of hydrogen-bond donors (Lipinski definition) is 0. The predicted molar refractivity (Wildman–Crippen MR) is 61.1 cm³/mol. The zero-order valence-corrected chi connectivity index (χ0v) is 11.7. The quantitative estimate of drug-likeness (QED) is 0.667. The van der Waals surface area contributed by atoms with Gasteiger partial charge in [-0.2, -0.15) is 0 Å². The molecule has 2 atom stereocenters. The van der Waals surface area contributed by atoms with Crippen molar-refractivity contribution in [1.29, 1.82) is 0 Å². The van der Waals surface area contributed by atoms with Crippen LogP contribution in [0.3, 0.4) is 0 Å². The number of ether oxygens (including phenoxy) is 2. The molecular formula is C10H22O5Si. The third kappa shape index (κ3) is 3.25. The normalized spacial score (nSPS) is 30.9. The molecule has 96 valence electrons. The first-order valence-corrected chi connectivity index (χ1v) is 7.48. The molecule has 0 aromatic carbocycles. The topological polar surface area (TPSA) is 46.2 Å². The van der Waals surface area contributed by atoms with Crippen molar-refractivity contribution < 1.29 is 22.8 Å². The van der Waals surface area contributed by atoms with Crippen molar-refractivity contribution in [3.8, 4) is 0 Å². The van der Waals surface area contributed by atoms with Crippen molar-refractivity contribution in [2.75, 3.05) is 27.4 Å². The van der Waals surface area contributed by atoms with Crippen molar-refractivity contribution in [3.63, 3.8) is 0 Å². The maximum absolute atomic E-state index is 5.76. The summed E-state index contributed by atoms with van der Waals surface area (Å²) in [6, 6.07) is 0.728. The third-order valence-corrected chi connectivity index (χ3v) is 5.38. The molecule has 1 aliphatic heterocycles. The second-order valence-electron chi connectivity index (χ2n) is 4.11. The molecule has 1 rings (SSSR count). The van der Waals surface area contributed by atoms with Crippen LogP contribution in [-0.4, -0.2) is 48.1 Å². The summed E-state index contributed by atoms with van der Waals surface area (Å²) in [7, 11) is 0.709. The fourth-order valence-corrected chi connectivity index (χ4v) is 3.36. The largest absolute Gasteiger partial charge is 0.500 e. The molecule has 2 unspecified atom stereocenters. The lowest BCUT2D eigenvalue weighted by molar-refractivity contribution is -0.179. The summed E-state index contributed by atoms with van der Waals surface area (Å²) in [5.74, 6) is -0.677. The van der Waals surface area contributed by atoms with E-state index in [0.29, 0.717) is 13.2 Å². The highest BCUT2D eigenvalue weighted by atomic mass is 28.4. The van der Waals surface area contributed by atoms with Crippen LogP contribution in [-0.2, 0) is 22.8 Å². The van der Waals surface area contributed by atoms with Crippen molar-refractivity contribution in [1.82, 2.24) is 0 Å². The highest BCUT2D eigenvalue weighted by Crippen LogP contribution is 2.25. The Morgan fingerprint density at radius 1 is 1.38 bits per heavy atom. The number of hydrogen-bond acceptors (Lipinski definition) is 5. The summed E-state index contributed by atoms with van der Waals surface area (Å²) in [5.41, 5.74) is 0. The summed E-state index contributed by atoms with van der Waals surface area (Å²) in [6.07, 6.45) is 0.108. The Hall–Kier alpha value is 0.0169. The molecule has 1 heterocycles. The van der Waals surface area contributed by atoms with Gasteiger partial charge >= 0.3 is 8.80 Å². The summed E-state index contributed by atoms with van der Waals surface area (Å²) >= 11 is 0. The van der Waals surface area contributed by atoms with Gasteiger partial charge in [-0.3, -0.25) is 0 Å². The van der Waals surface area contributed by atoms with Crippen LogP contribution in [0.1, 0.15) is 20.8 Å². The molecule has 1 saturated heterocycles. The van der Waals surface area contributed by atoms with Crippen LogP contribution >= 0.6 is 0 Å². The molecule has 0 N–H and O–H groups in total. The maximum atomic E-state index is 5.76. The highest BCUT2D eigenvalue weighted by Gasteiger charge is 2.42. The van der Waals surface area contributed by atoms with Crippen molar-refractivity contribution in [2.24, 2.45) is 0 Å². The Balaban J connectivity index is 2.49. The lowest BCUT2D eigenvalue weighted by atomic mass is 10.3. The van der Waals surface area contributed by atoms with Gasteiger partial charge < -0.3 is 22.8 Å². The van der Waals surface area contributed by atoms with E-state index in [-0.39, 0.29) is 6.10 Å². The Kier molecular flexibility index (Phi) is 4.90. The van der Waals surface area contributed by atoms with E-state index >= 15 is 0 Å². The Morgan fingerprint density at radius 3 is 2.38 bits per heavy atom. The molecule has 0 amide bonds. The van der Waals surface area contributed by atoms with E-state index in [2.05, 4.69) is 0 Å². The molecule has 1 fully saturated rings. The van der Waals surface area contributed by atoms with Gasteiger partial charge in [0.15, 0.2) is 5.79 Å². The van der Waals surface area contributed by atoms with Crippen molar-refractivity contribution in [2.45, 2.75) is 38.7 Å². The molecule has 0 aromatic heterocycles. The second kappa shape index (κ2) is 5.57. The third-order valence-electron chi connectivity index (χ3n) is 2.68. The van der Waals surface area contributed by atoms with E-state index in [1.165, 1.54) is 0 Å². The van der Waals surface area contributed by atoms with Crippen molar-refractivity contribution >= 4 is 8.80 Å². The molecular weight excluding hydrogens is 228 g/mol. The number of rotatable bonds is 6. The average Bonchev–Trinajstić information content (AvgIpc) is 2.62. The van der Waals surface area contributed by atoms with Gasteiger partial charge in [0.25, 0.3) is 0 Å². The van der Waals surface area contributed by atoms with E-state index < -0.39 is 14.6 Å². The molecule has 0 aliphatic carbocycles. The molecule has 5 nitrogen and oxygen atoms in total. The minimum absolute atomic E-state index is 0.108. The lowest BCUT2D eigenvalue weighted by Gasteiger charge is -2.30. The van der Waals surface area contributed by atoms with Crippen molar-refractivity contribution in [3.05, 3.63) is 0 Å². The van der Waals surface area contributed by atoms with Crippen LogP contribution in [0.25, 0.3) is 0 Å².